The summed E-state index contributed by atoms with van der Waals surface area (Å²) >= 11 is 1.63. The third kappa shape index (κ3) is 3.64. The van der Waals surface area contributed by atoms with Crippen LogP contribution in [0.15, 0.2) is 22.0 Å². The lowest BCUT2D eigenvalue weighted by molar-refractivity contribution is 0.374. The first-order valence-electron chi connectivity index (χ1n) is 5.96. The molecule has 0 unspecified atom stereocenters. The average Bonchev–Trinajstić information content (AvgIpc) is 2.99. The van der Waals surface area contributed by atoms with Crippen LogP contribution < -0.4 is 5.73 Å². The molecule has 0 aromatic carbocycles. The maximum atomic E-state index is 5.44. The number of thiophene rings is 1. The predicted octanol–water partition coefficient (Wildman–Crippen LogP) is 2.86. The van der Waals surface area contributed by atoms with Crippen LogP contribution in [0, 0.1) is 0 Å². The molecular weight excluding hydrogens is 234 g/mol. The molecule has 0 aliphatic heterocycles. The van der Waals surface area contributed by atoms with E-state index in [1.165, 1.54) is 12.8 Å². The summed E-state index contributed by atoms with van der Waals surface area (Å²) in [6.45, 7) is 0.781. The van der Waals surface area contributed by atoms with Crippen LogP contribution >= 0.6 is 11.3 Å². The number of aryl methyl sites for hydroxylation is 1. The molecule has 2 heterocycles. The largest absolute Gasteiger partial charge is 0.339 e. The van der Waals surface area contributed by atoms with E-state index < -0.39 is 0 Å². The fourth-order valence-electron chi connectivity index (χ4n) is 1.64. The molecule has 4 nitrogen and oxygen atoms in total. The summed E-state index contributed by atoms with van der Waals surface area (Å²) in [5.74, 6) is 1.44. The summed E-state index contributed by atoms with van der Waals surface area (Å²) in [5, 5.41) is 5.99. The second kappa shape index (κ2) is 6.51. The van der Waals surface area contributed by atoms with Gasteiger partial charge in [-0.05, 0) is 30.8 Å². The van der Waals surface area contributed by atoms with Crippen molar-refractivity contribution in [2.45, 2.75) is 32.1 Å². The molecule has 0 atom stereocenters. The van der Waals surface area contributed by atoms with Crippen molar-refractivity contribution >= 4 is 11.3 Å². The summed E-state index contributed by atoms with van der Waals surface area (Å²) in [7, 11) is 0. The highest BCUT2D eigenvalue weighted by atomic mass is 32.1. The van der Waals surface area contributed by atoms with Crippen molar-refractivity contribution in [2.24, 2.45) is 5.73 Å². The van der Waals surface area contributed by atoms with Gasteiger partial charge in [0.15, 0.2) is 0 Å². The van der Waals surface area contributed by atoms with E-state index in [-0.39, 0.29) is 0 Å². The minimum absolute atomic E-state index is 0.706. The lowest BCUT2D eigenvalue weighted by Crippen LogP contribution is -1.97. The summed E-state index contributed by atoms with van der Waals surface area (Å²) in [5.41, 5.74) is 5.44. The van der Waals surface area contributed by atoms with E-state index in [0.29, 0.717) is 5.82 Å². The van der Waals surface area contributed by atoms with Gasteiger partial charge in [-0.1, -0.05) is 24.1 Å². The Bertz CT molecular complexity index is 425. The Hall–Kier alpha value is -1.20. The van der Waals surface area contributed by atoms with Crippen LogP contribution in [0.2, 0.25) is 0 Å². The van der Waals surface area contributed by atoms with Gasteiger partial charge in [-0.15, -0.1) is 11.3 Å². The van der Waals surface area contributed by atoms with Gasteiger partial charge in [0.2, 0.25) is 11.7 Å². The lowest BCUT2D eigenvalue weighted by Gasteiger charge is -1.95. The van der Waals surface area contributed by atoms with Crippen LogP contribution in [0.25, 0.3) is 10.7 Å². The fourth-order valence-corrected chi connectivity index (χ4v) is 2.29. The summed E-state index contributed by atoms with van der Waals surface area (Å²) in [6.07, 6.45) is 5.41. The van der Waals surface area contributed by atoms with Crippen molar-refractivity contribution in [1.82, 2.24) is 10.1 Å². The molecule has 0 saturated carbocycles. The SMILES string of the molecule is NCCCCCCc1nc(-c2cccs2)no1. The summed E-state index contributed by atoms with van der Waals surface area (Å²) < 4.78 is 5.22. The topological polar surface area (TPSA) is 64.9 Å². The minimum atomic E-state index is 0.706. The van der Waals surface area contributed by atoms with E-state index in [1.54, 1.807) is 11.3 Å². The highest BCUT2D eigenvalue weighted by molar-refractivity contribution is 7.13. The third-order valence-electron chi connectivity index (χ3n) is 2.55. The number of unbranched alkanes of at least 4 members (excludes halogenated alkanes) is 3. The molecule has 0 aliphatic carbocycles. The van der Waals surface area contributed by atoms with Crippen molar-refractivity contribution in [1.29, 1.82) is 0 Å². The van der Waals surface area contributed by atoms with Crippen LogP contribution in [0.1, 0.15) is 31.6 Å². The highest BCUT2D eigenvalue weighted by Crippen LogP contribution is 2.21. The van der Waals surface area contributed by atoms with E-state index in [2.05, 4.69) is 10.1 Å². The molecule has 0 saturated heterocycles. The van der Waals surface area contributed by atoms with Gasteiger partial charge in [-0.2, -0.15) is 4.98 Å². The monoisotopic (exact) mass is 251 g/mol. The standard InChI is InChI=1S/C12H17N3OS/c13-8-4-2-1-3-7-11-14-12(15-16-11)10-6-5-9-17-10/h5-6,9H,1-4,7-8,13H2. The van der Waals surface area contributed by atoms with Crippen molar-refractivity contribution < 1.29 is 4.52 Å². The van der Waals surface area contributed by atoms with Crippen LogP contribution in [-0.4, -0.2) is 16.7 Å². The van der Waals surface area contributed by atoms with Gasteiger partial charge in [0, 0.05) is 6.42 Å². The summed E-state index contributed by atoms with van der Waals surface area (Å²) in [4.78, 5) is 5.44. The van der Waals surface area contributed by atoms with Crippen molar-refractivity contribution in [3.63, 3.8) is 0 Å². The fraction of sp³-hybridized carbons (Fsp3) is 0.500. The molecule has 92 valence electrons. The second-order valence-corrected chi connectivity index (χ2v) is 4.89. The van der Waals surface area contributed by atoms with Crippen molar-refractivity contribution in [2.75, 3.05) is 6.54 Å². The Balaban J connectivity index is 1.79. The zero-order chi connectivity index (χ0) is 11.9. The van der Waals surface area contributed by atoms with Crippen LogP contribution in [0.4, 0.5) is 0 Å². The van der Waals surface area contributed by atoms with E-state index in [0.717, 1.165) is 36.6 Å². The van der Waals surface area contributed by atoms with E-state index >= 15 is 0 Å². The molecule has 2 rings (SSSR count). The molecule has 0 amide bonds. The first-order valence-corrected chi connectivity index (χ1v) is 6.84. The van der Waals surface area contributed by atoms with Crippen molar-refractivity contribution in [3.05, 3.63) is 23.4 Å². The highest BCUT2D eigenvalue weighted by Gasteiger charge is 2.08. The second-order valence-electron chi connectivity index (χ2n) is 3.94. The molecule has 0 radical (unpaired) electrons. The van der Waals surface area contributed by atoms with Gasteiger partial charge < -0.3 is 10.3 Å². The minimum Gasteiger partial charge on any atom is -0.339 e. The van der Waals surface area contributed by atoms with E-state index in [4.69, 9.17) is 10.3 Å². The van der Waals surface area contributed by atoms with E-state index in [1.807, 2.05) is 17.5 Å². The third-order valence-corrected chi connectivity index (χ3v) is 3.42. The molecule has 0 aliphatic rings. The Morgan fingerprint density at radius 2 is 2.12 bits per heavy atom. The molecule has 17 heavy (non-hydrogen) atoms. The molecular formula is C12H17N3OS. The Kier molecular flexibility index (Phi) is 4.70. The van der Waals surface area contributed by atoms with Gasteiger partial charge in [0.05, 0.1) is 4.88 Å². The maximum absolute atomic E-state index is 5.44. The van der Waals surface area contributed by atoms with Gasteiger partial charge in [0.25, 0.3) is 0 Å². The van der Waals surface area contributed by atoms with Crippen LogP contribution in [-0.2, 0) is 6.42 Å². The average molecular weight is 251 g/mol. The number of nitrogens with two attached hydrogens (primary N) is 1. The van der Waals surface area contributed by atoms with Gasteiger partial charge in [-0.3, -0.25) is 0 Å². The van der Waals surface area contributed by atoms with Crippen molar-refractivity contribution in [3.8, 4) is 10.7 Å². The zero-order valence-corrected chi connectivity index (χ0v) is 10.6. The van der Waals surface area contributed by atoms with Crippen LogP contribution in [0.5, 0.6) is 0 Å². The van der Waals surface area contributed by atoms with Gasteiger partial charge >= 0.3 is 0 Å². The molecule has 5 heteroatoms. The predicted molar refractivity (Wildman–Crippen MR) is 68.8 cm³/mol. The maximum Gasteiger partial charge on any atom is 0.226 e. The number of aromatic nitrogens is 2. The normalized spacial score (nSPS) is 10.9. The molecule has 0 fully saturated rings. The smallest absolute Gasteiger partial charge is 0.226 e. The summed E-state index contributed by atoms with van der Waals surface area (Å²) in [6, 6.07) is 3.99. The Labute approximate surface area is 105 Å². The quantitative estimate of drug-likeness (QED) is 0.768. The molecule has 2 aromatic heterocycles. The Morgan fingerprint density at radius 1 is 1.24 bits per heavy atom. The molecule has 2 N–H and O–H groups in total. The van der Waals surface area contributed by atoms with Crippen LogP contribution in [0.3, 0.4) is 0 Å². The first kappa shape index (κ1) is 12.3. The molecule has 0 bridgehead atoms. The van der Waals surface area contributed by atoms with Gasteiger partial charge in [0.1, 0.15) is 0 Å². The number of rotatable bonds is 7. The van der Waals surface area contributed by atoms with E-state index in [9.17, 15) is 0 Å². The first-order chi connectivity index (χ1) is 8.40. The zero-order valence-electron chi connectivity index (χ0n) is 9.76. The number of nitrogens with zero attached hydrogens (tertiary/aromatic N) is 2. The number of hydrogen-bond donors (Lipinski definition) is 1. The molecule has 0 spiro atoms. The molecule has 2 aromatic rings. The van der Waals surface area contributed by atoms with Gasteiger partial charge in [-0.25, -0.2) is 0 Å². The lowest BCUT2D eigenvalue weighted by atomic mass is 10.1. The number of hydrogen-bond acceptors (Lipinski definition) is 5. The Morgan fingerprint density at radius 3 is 2.88 bits per heavy atom.